The average molecular weight is 547 g/mol. The van der Waals surface area contributed by atoms with E-state index >= 15 is 0 Å². The van der Waals surface area contributed by atoms with Gasteiger partial charge in [-0.15, -0.1) is 0 Å². The second kappa shape index (κ2) is 11.6. The van der Waals surface area contributed by atoms with Crippen molar-refractivity contribution in [3.8, 4) is 17.0 Å². The first-order valence-electron chi connectivity index (χ1n) is 11.7. The summed E-state index contributed by atoms with van der Waals surface area (Å²) in [6, 6.07) is 6.77. The molecule has 4 rings (SSSR count). The number of hydrogen-bond donors (Lipinski definition) is 5. The number of nitrogens with zero attached hydrogens (tertiary/aromatic N) is 1. The molecule has 38 heavy (non-hydrogen) atoms. The third-order valence-corrected chi connectivity index (χ3v) is 6.42. The first-order valence-corrected chi connectivity index (χ1v) is 12.1. The molecule has 1 saturated carbocycles. The van der Waals surface area contributed by atoms with Crippen LogP contribution in [0.1, 0.15) is 33.8 Å². The number of halogens is 3. The molecular weight excluding hydrogens is 522 g/mol. The predicted molar refractivity (Wildman–Crippen MR) is 136 cm³/mol. The SMILES string of the molecule is COc1ccc(-c2cnc(C(=O)Nc3ccc(C(=O)N[C@H]4C[C@@H](C(=O)NCCN)C4)c(Cl)c3)[nH]2)c(F)c1F. The van der Waals surface area contributed by atoms with Crippen molar-refractivity contribution in [3.63, 3.8) is 0 Å². The molecule has 0 atom stereocenters. The highest BCUT2D eigenvalue weighted by Gasteiger charge is 2.35. The van der Waals surface area contributed by atoms with Crippen molar-refractivity contribution in [3.05, 3.63) is 64.6 Å². The van der Waals surface area contributed by atoms with E-state index in [4.69, 9.17) is 22.1 Å². The van der Waals surface area contributed by atoms with Gasteiger partial charge < -0.3 is 31.4 Å². The van der Waals surface area contributed by atoms with Crippen LogP contribution >= 0.6 is 11.6 Å². The number of rotatable bonds is 9. The summed E-state index contributed by atoms with van der Waals surface area (Å²) in [6.07, 6.45) is 2.24. The van der Waals surface area contributed by atoms with Gasteiger partial charge in [-0.05, 0) is 43.2 Å². The summed E-state index contributed by atoms with van der Waals surface area (Å²) in [5.74, 6) is -4.01. The molecule has 0 saturated heterocycles. The Bertz CT molecular complexity index is 1380. The Morgan fingerprint density at radius 1 is 1.16 bits per heavy atom. The van der Waals surface area contributed by atoms with Gasteiger partial charge >= 0.3 is 0 Å². The third-order valence-electron chi connectivity index (χ3n) is 6.11. The number of ether oxygens (including phenoxy) is 1. The fourth-order valence-corrected chi connectivity index (χ4v) is 4.26. The number of aromatic nitrogens is 2. The molecule has 3 aromatic rings. The van der Waals surface area contributed by atoms with E-state index in [-0.39, 0.29) is 57.0 Å². The van der Waals surface area contributed by atoms with Crippen LogP contribution in [0.2, 0.25) is 5.02 Å². The number of carbonyl (C=O) groups is 3. The lowest BCUT2D eigenvalue weighted by Crippen LogP contribution is -2.49. The topological polar surface area (TPSA) is 151 Å². The van der Waals surface area contributed by atoms with Crippen LogP contribution < -0.4 is 26.4 Å². The smallest absolute Gasteiger partial charge is 0.291 e. The summed E-state index contributed by atoms with van der Waals surface area (Å²) in [4.78, 5) is 43.8. The first-order chi connectivity index (χ1) is 18.2. The Morgan fingerprint density at radius 2 is 1.92 bits per heavy atom. The second-order valence-corrected chi connectivity index (χ2v) is 9.06. The molecule has 1 aliphatic carbocycles. The Morgan fingerprint density at radius 3 is 2.61 bits per heavy atom. The maximum absolute atomic E-state index is 14.4. The third kappa shape index (κ3) is 5.76. The number of H-pyrrole nitrogens is 1. The van der Waals surface area contributed by atoms with E-state index in [1.54, 1.807) is 0 Å². The Labute approximate surface area is 221 Å². The van der Waals surface area contributed by atoms with Gasteiger partial charge in [0.15, 0.2) is 17.4 Å². The summed E-state index contributed by atoms with van der Waals surface area (Å²) in [5, 5.41) is 8.25. The van der Waals surface area contributed by atoms with E-state index in [1.807, 2.05) is 0 Å². The average Bonchev–Trinajstić information content (AvgIpc) is 3.36. The lowest BCUT2D eigenvalue weighted by atomic mass is 9.79. The normalized spacial score (nSPS) is 16.3. The minimum Gasteiger partial charge on any atom is -0.494 e. The van der Waals surface area contributed by atoms with E-state index in [0.717, 1.165) is 0 Å². The molecule has 2 aromatic carbocycles. The number of imidazole rings is 1. The zero-order valence-electron chi connectivity index (χ0n) is 20.2. The zero-order valence-corrected chi connectivity index (χ0v) is 21.0. The monoisotopic (exact) mass is 546 g/mol. The lowest BCUT2D eigenvalue weighted by Gasteiger charge is -2.34. The highest BCUT2D eigenvalue weighted by atomic mass is 35.5. The van der Waals surface area contributed by atoms with Crippen LogP contribution in [-0.4, -0.2) is 53.9 Å². The molecule has 0 aliphatic heterocycles. The summed E-state index contributed by atoms with van der Waals surface area (Å²) in [7, 11) is 1.22. The predicted octanol–water partition coefficient (Wildman–Crippen LogP) is 2.85. The minimum absolute atomic E-state index is 0.0796. The molecule has 1 heterocycles. The number of nitrogens with two attached hydrogens (primary N) is 1. The standard InChI is InChI=1S/C25H25ClF2N6O4/c1-38-19-5-4-16(20(27)21(19)28)18-11-31-22(34-18)25(37)32-13-2-3-15(17(26)10-13)24(36)33-14-8-12(9-14)23(35)30-7-6-29/h2-5,10-12,14H,6-9,29H2,1H3,(H,30,35)(H,31,34)(H,32,37)(H,33,36)/t12-,14+. The number of methoxy groups -OCH3 is 1. The van der Waals surface area contributed by atoms with Crippen LogP contribution in [-0.2, 0) is 4.79 Å². The van der Waals surface area contributed by atoms with Gasteiger partial charge in [-0.2, -0.15) is 4.39 Å². The van der Waals surface area contributed by atoms with Gasteiger partial charge in [0.25, 0.3) is 11.8 Å². The van der Waals surface area contributed by atoms with Gasteiger partial charge in [0.05, 0.1) is 29.6 Å². The molecule has 0 bridgehead atoms. The van der Waals surface area contributed by atoms with Gasteiger partial charge in [0.2, 0.25) is 11.7 Å². The van der Waals surface area contributed by atoms with E-state index < -0.39 is 23.4 Å². The van der Waals surface area contributed by atoms with Gasteiger partial charge in [0, 0.05) is 36.3 Å². The van der Waals surface area contributed by atoms with Gasteiger partial charge in [-0.25, -0.2) is 9.37 Å². The molecular formula is C25H25ClF2N6O4. The number of carbonyl (C=O) groups excluding carboxylic acids is 3. The first kappa shape index (κ1) is 27.0. The molecule has 0 radical (unpaired) electrons. The van der Waals surface area contributed by atoms with Crippen LogP contribution in [0.25, 0.3) is 11.3 Å². The summed E-state index contributed by atoms with van der Waals surface area (Å²) in [6.45, 7) is 0.772. The molecule has 3 amide bonds. The van der Waals surface area contributed by atoms with Crippen molar-refractivity contribution in [2.24, 2.45) is 11.7 Å². The number of hydrogen-bond acceptors (Lipinski definition) is 6. The Balaban J connectivity index is 1.35. The van der Waals surface area contributed by atoms with Gasteiger partial charge in [-0.1, -0.05) is 11.6 Å². The van der Waals surface area contributed by atoms with Crippen LogP contribution in [0.4, 0.5) is 14.5 Å². The number of nitrogens with one attached hydrogen (secondary N) is 4. The van der Waals surface area contributed by atoms with Crippen LogP contribution in [0.5, 0.6) is 5.75 Å². The number of amides is 3. The van der Waals surface area contributed by atoms with E-state index in [2.05, 4.69) is 25.9 Å². The Hall–Kier alpha value is -4.03. The molecule has 0 spiro atoms. The molecule has 1 aromatic heterocycles. The van der Waals surface area contributed by atoms with E-state index in [1.165, 1.54) is 43.6 Å². The van der Waals surface area contributed by atoms with Crippen molar-refractivity contribution in [1.82, 2.24) is 20.6 Å². The van der Waals surface area contributed by atoms with Crippen LogP contribution in [0.15, 0.2) is 36.5 Å². The molecule has 1 fully saturated rings. The minimum atomic E-state index is -1.16. The highest BCUT2D eigenvalue weighted by Crippen LogP contribution is 2.30. The molecule has 10 nitrogen and oxygen atoms in total. The number of benzene rings is 2. The van der Waals surface area contributed by atoms with Gasteiger partial charge in [0.1, 0.15) is 0 Å². The summed E-state index contributed by atoms with van der Waals surface area (Å²) >= 11 is 6.28. The largest absolute Gasteiger partial charge is 0.494 e. The summed E-state index contributed by atoms with van der Waals surface area (Å²) < 4.78 is 33.2. The van der Waals surface area contributed by atoms with Crippen molar-refractivity contribution >= 4 is 35.0 Å². The molecule has 0 unspecified atom stereocenters. The van der Waals surface area contributed by atoms with Gasteiger partial charge in [-0.3, -0.25) is 14.4 Å². The molecule has 1 aliphatic rings. The quantitative estimate of drug-likeness (QED) is 0.278. The number of anilines is 1. The van der Waals surface area contributed by atoms with Crippen LogP contribution in [0, 0.1) is 17.6 Å². The fraction of sp³-hybridized carbons (Fsp3) is 0.280. The second-order valence-electron chi connectivity index (χ2n) is 8.66. The van der Waals surface area contributed by atoms with Crippen molar-refractivity contribution in [2.75, 3.05) is 25.5 Å². The van der Waals surface area contributed by atoms with Crippen LogP contribution in [0.3, 0.4) is 0 Å². The maximum atomic E-state index is 14.4. The van der Waals surface area contributed by atoms with Crippen molar-refractivity contribution in [2.45, 2.75) is 18.9 Å². The Kier molecular flexibility index (Phi) is 8.23. The van der Waals surface area contributed by atoms with Crippen molar-refractivity contribution in [1.29, 1.82) is 0 Å². The fourth-order valence-electron chi connectivity index (χ4n) is 3.99. The van der Waals surface area contributed by atoms with Crippen molar-refractivity contribution < 1.29 is 27.9 Å². The molecule has 200 valence electrons. The van der Waals surface area contributed by atoms with E-state index in [9.17, 15) is 23.2 Å². The highest BCUT2D eigenvalue weighted by molar-refractivity contribution is 6.34. The molecule has 6 N–H and O–H groups in total. The summed E-state index contributed by atoms with van der Waals surface area (Å²) in [5.41, 5.74) is 5.84. The lowest BCUT2D eigenvalue weighted by molar-refractivity contribution is -0.128. The molecule has 13 heteroatoms. The zero-order chi connectivity index (χ0) is 27.4. The number of aromatic amines is 1. The maximum Gasteiger partial charge on any atom is 0.291 e. The van der Waals surface area contributed by atoms with E-state index in [0.29, 0.717) is 25.9 Å².